The SMILES string of the molecule is CN=C(NCc1ccccc1Cl)NCC1CCN(S(=O)(=O)C(F)(F)F)CC1.I. The van der Waals surface area contributed by atoms with E-state index in [-0.39, 0.29) is 43.0 Å². The molecule has 2 N–H and O–H groups in total. The number of alkyl halides is 3. The number of hydrogen-bond acceptors (Lipinski definition) is 3. The summed E-state index contributed by atoms with van der Waals surface area (Å²) in [6.07, 6.45) is 0.702. The van der Waals surface area contributed by atoms with E-state index in [0.717, 1.165) is 5.56 Å². The zero-order chi connectivity index (χ0) is 20.1. The number of benzene rings is 1. The predicted molar refractivity (Wildman–Crippen MR) is 114 cm³/mol. The van der Waals surface area contributed by atoms with Gasteiger partial charge in [0.05, 0.1) is 0 Å². The fraction of sp³-hybridized carbons (Fsp3) is 0.562. The number of nitrogens with zero attached hydrogens (tertiary/aromatic N) is 2. The number of nitrogens with one attached hydrogen (secondary N) is 2. The smallest absolute Gasteiger partial charge is 0.356 e. The van der Waals surface area contributed by atoms with E-state index in [2.05, 4.69) is 15.6 Å². The summed E-state index contributed by atoms with van der Waals surface area (Å²) in [6.45, 7) is 0.684. The summed E-state index contributed by atoms with van der Waals surface area (Å²) in [5.74, 6) is 0.601. The molecule has 1 fully saturated rings. The average Bonchev–Trinajstić information content (AvgIpc) is 2.62. The summed E-state index contributed by atoms with van der Waals surface area (Å²) >= 11 is 6.10. The normalized spacial score (nSPS) is 17.1. The number of rotatable bonds is 5. The van der Waals surface area contributed by atoms with Crippen molar-refractivity contribution in [3.05, 3.63) is 34.9 Å². The second-order valence-electron chi connectivity index (χ2n) is 6.19. The van der Waals surface area contributed by atoms with Crippen LogP contribution in [-0.4, -0.2) is 50.9 Å². The average molecular weight is 555 g/mol. The van der Waals surface area contributed by atoms with Crippen LogP contribution >= 0.6 is 35.6 Å². The van der Waals surface area contributed by atoms with Crippen molar-refractivity contribution in [3.8, 4) is 0 Å². The molecule has 160 valence electrons. The Morgan fingerprint density at radius 1 is 1.25 bits per heavy atom. The fourth-order valence-electron chi connectivity index (χ4n) is 2.78. The highest BCUT2D eigenvalue weighted by molar-refractivity contribution is 14.0. The molecule has 0 aliphatic carbocycles. The third kappa shape index (κ3) is 6.63. The molecule has 0 spiro atoms. The molecule has 0 bridgehead atoms. The zero-order valence-electron chi connectivity index (χ0n) is 15.2. The summed E-state index contributed by atoms with van der Waals surface area (Å²) in [5.41, 5.74) is -4.34. The summed E-state index contributed by atoms with van der Waals surface area (Å²) in [5, 5.41) is 6.87. The fourth-order valence-corrected chi connectivity index (χ4v) is 3.97. The Balaban J connectivity index is 0.00000392. The van der Waals surface area contributed by atoms with E-state index in [4.69, 9.17) is 11.6 Å². The molecule has 0 saturated carbocycles. The predicted octanol–water partition coefficient (Wildman–Crippen LogP) is 3.18. The maximum atomic E-state index is 12.6. The van der Waals surface area contributed by atoms with Crippen molar-refractivity contribution in [2.24, 2.45) is 10.9 Å². The summed E-state index contributed by atoms with van der Waals surface area (Å²) in [6, 6.07) is 7.39. The van der Waals surface area contributed by atoms with Crippen molar-refractivity contribution in [1.29, 1.82) is 0 Å². The van der Waals surface area contributed by atoms with Crippen molar-refractivity contribution in [3.63, 3.8) is 0 Å². The Kier molecular flexibility index (Phi) is 9.77. The van der Waals surface area contributed by atoms with Gasteiger partial charge in [-0.25, -0.2) is 8.42 Å². The van der Waals surface area contributed by atoms with Gasteiger partial charge in [0.1, 0.15) is 0 Å². The summed E-state index contributed by atoms with van der Waals surface area (Å²) in [7, 11) is -3.63. The van der Waals surface area contributed by atoms with Crippen molar-refractivity contribution < 1.29 is 21.6 Å². The molecule has 6 nitrogen and oxygen atoms in total. The van der Waals surface area contributed by atoms with E-state index < -0.39 is 15.5 Å². The standard InChI is InChI=1S/C16H22ClF3N4O2S.HI/c1-21-15(23-11-13-4-2-3-5-14(13)17)22-10-12-6-8-24(9-7-12)27(25,26)16(18,19)20;/h2-5,12H,6-11H2,1H3,(H2,21,22,23);1H. The van der Waals surface area contributed by atoms with Crippen LogP contribution in [0.3, 0.4) is 0 Å². The first-order chi connectivity index (χ1) is 12.6. The molecule has 1 aliphatic heterocycles. The molecule has 1 aliphatic rings. The van der Waals surface area contributed by atoms with Gasteiger partial charge in [-0.3, -0.25) is 4.99 Å². The van der Waals surface area contributed by atoms with Gasteiger partial charge >= 0.3 is 15.5 Å². The Labute approximate surface area is 185 Å². The van der Waals surface area contributed by atoms with E-state index in [1.807, 2.05) is 18.2 Å². The van der Waals surface area contributed by atoms with Crippen LogP contribution < -0.4 is 10.6 Å². The van der Waals surface area contributed by atoms with Crippen molar-refractivity contribution >= 4 is 51.6 Å². The number of sulfonamides is 1. The lowest BCUT2D eigenvalue weighted by Gasteiger charge is -2.31. The molecule has 0 amide bonds. The highest BCUT2D eigenvalue weighted by Crippen LogP contribution is 2.30. The maximum Gasteiger partial charge on any atom is 0.511 e. The van der Waals surface area contributed by atoms with Crippen LogP contribution in [0.5, 0.6) is 0 Å². The van der Waals surface area contributed by atoms with E-state index in [1.54, 1.807) is 13.1 Å². The molecule has 1 heterocycles. The van der Waals surface area contributed by atoms with Crippen LogP contribution in [-0.2, 0) is 16.6 Å². The van der Waals surface area contributed by atoms with E-state index in [0.29, 0.717) is 41.2 Å². The number of guanidine groups is 1. The zero-order valence-corrected chi connectivity index (χ0v) is 19.1. The lowest BCUT2D eigenvalue weighted by molar-refractivity contribution is -0.0496. The summed E-state index contributed by atoms with van der Waals surface area (Å²) < 4.78 is 61.1. The van der Waals surface area contributed by atoms with Crippen LogP contribution in [0.1, 0.15) is 18.4 Å². The Bertz CT molecular complexity index is 769. The lowest BCUT2D eigenvalue weighted by atomic mass is 9.98. The first-order valence-electron chi connectivity index (χ1n) is 8.39. The molecule has 0 atom stereocenters. The molecule has 1 aromatic rings. The highest BCUT2D eigenvalue weighted by atomic mass is 127. The summed E-state index contributed by atoms with van der Waals surface area (Å²) in [4.78, 5) is 4.10. The van der Waals surface area contributed by atoms with Gasteiger partial charge in [0.25, 0.3) is 0 Å². The van der Waals surface area contributed by atoms with Crippen LogP contribution in [0.2, 0.25) is 5.02 Å². The molecule has 0 aromatic heterocycles. The molecule has 0 radical (unpaired) electrons. The molecule has 2 rings (SSSR count). The Morgan fingerprint density at radius 2 is 1.86 bits per heavy atom. The molecule has 1 saturated heterocycles. The van der Waals surface area contributed by atoms with Gasteiger partial charge in [-0.2, -0.15) is 17.5 Å². The van der Waals surface area contributed by atoms with Gasteiger partial charge in [-0.1, -0.05) is 29.8 Å². The highest BCUT2D eigenvalue weighted by Gasteiger charge is 2.50. The number of halogens is 5. The Hall–Kier alpha value is -0.790. The van der Waals surface area contributed by atoms with Crippen LogP contribution in [0, 0.1) is 5.92 Å². The van der Waals surface area contributed by atoms with Gasteiger partial charge in [0, 0.05) is 38.2 Å². The maximum absolute atomic E-state index is 12.6. The minimum atomic E-state index is -5.25. The molecule has 28 heavy (non-hydrogen) atoms. The monoisotopic (exact) mass is 554 g/mol. The van der Waals surface area contributed by atoms with E-state index in [1.165, 1.54) is 0 Å². The van der Waals surface area contributed by atoms with Crippen molar-refractivity contribution in [2.75, 3.05) is 26.7 Å². The number of aliphatic imine (C=N–C) groups is 1. The largest absolute Gasteiger partial charge is 0.511 e. The number of piperidine rings is 1. The van der Waals surface area contributed by atoms with E-state index >= 15 is 0 Å². The lowest BCUT2D eigenvalue weighted by Crippen LogP contribution is -2.47. The molecular formula is C16H23ClF3IN4O2S. The second-order valence-corrected chi connectivity index (χ2v) is 8.53. The van der Waals surface area contributed by atoms with Crippen LogP contribution in [0.25, 0.3) is 0 Å². The second kappa shape index (κ2) is 10.8. The molecule has 12 heteroatoms. The van der Waals surface area contributed by atoms with Gasteiger partial charge in [-0.05, 0) is 30.4 Å². The third-order valence-electron chi connectivity index (χ3n) is 4.39. The first kappa shape index (κ1) is 25.2. The number of hydrogen-bond donors (Lipinski definition) is 2. The first-order valence-corrected chi connectivity index (χ1v) is 10.2. The van der Waals surface area contributed by atoms with Gasteiger partial charge in [0.15, 0.2) is 5.96 Å². The van der Waals surface area contributed by atoms with E-state index in [9.17, 15) is 21.6 Å². The quantitative estimate of drug-likeness (QED) is 0.333. The minimum absolute atomic E-state index is 0. The van der Waals surface area contributed by atoms with Crippen molar-refractivity contribution in [2.45, 2.75) is 24.9 Å². The Morgan fingerprint density at radius 3 is 2.39 bits per heavy atom. The van der Waals surface area contributed by atoms with Gasteiger partial charge < -0.3 is 10.6 Å². The van der Waals surface area contributed by atoms with Crippen molar-refractivity contribution in [1.82, 2.24) is 14.9 Å². The minimum Gasteiger partial charge on any atom is -0.356 e. The molecule has 0 unspecified atom stereocenters. The third-order valence-corrected chi connectivity index (χ3v) is 6.39. The molecular weight excluding hydrogens is 532 g/mol. The van der Waals surface area contributed by atoms with Gasteiger partial charge in [-0.15, -0.1) is 24.0 Å². The van der Waals surface area contributed by atoms with Gasteiger partial charge in [0.2, 0.25) is 0 Å². The molecule has 1 aromatic carbocycles. The topological polar surface area (TPSA) is 73.8 Å². The van der Waals surface area contributed by atoms with Crippen LogP contribution in [0.15, 0.2) is 29.3 Å². The van der Waals surface area contributed by atoms with Crippen LogP contribution in [0.4, 0.5) is 13.2 Å².